The molecule has 0 aliphatic carbocycles. The van der Waals surface area contributed by atoms with Gasteiger partial charge < -0.3 is 14.2 Å². The number of methoxy groups -OCH3 is 3. The lowest BCUT2D eigenvalue weighted by Crippen LogP contribution is -2.25. The van der Waals surface area contributed by atoms with E-state index >= 15 is 0 Å². The van der Waals surface area contributed by atoms with Crippen LogP contribution in [0.5, 0.6) is 17.2 Å². The topological polar surface area (TPSA) is 31.6 Å². The Morgan fingerprint density at radius 1 is 0.824 bits per heavy atom. The third kappa shape index (κ3) is 5.23. The van der Waals surface area contributed by atoms with E-state index in [0.29, 0.717) is 11.5 Å². The van der Waals surface area contributed by atoms with Gasteiger partial charge in [-0.2, -0.15) is 0 Å². The van der Waals surface area contributed by atoms with Crippen LogP contribution >= 0.6 is 0 Å². The van der Waals surface area contributed by atoms with Crippen LogP contribution in [0.25, 0.3) is 34.4 Å². The summed E-state index contributed by atoms with van der Waals surface area (Å²) in [6, 6.07) is 12.5. The summed E-state index contributed by atoms with van der Waals surface area (Å²) in [5.74, 6) is 2.22. The fraction of sp³-hybridized carbons (Fsp3) is 0.233. The molecule has 3 aromatic rings. The summed E-state index contributed by atoms with van der Waals surface area (Å²) in [5, 5.41) is 0. The van der Waals surface area contributed by atoms with E-state index in [2.05, 4.69) is 49.9 Å². The van der Waals surface area contributed by atoms with Crippen LogP contribution in [-0.4, -0.2) is 21.3 Å². The quantitative estimate of drug-likeness (QED) is 0.275. The molecule has 176 valence electrons. The van der Waals surface area contributed by atoms with Crippen LogP contribution in [0.1, 0.15) is 43.0 Å². The first-order chi connectivity index (χ1) is 16.3. The summed E-state index contributed by atoms with van der Waals surface area (Å²) in [5.41, 5.74) is 8.50. The van der Waals surface area contributed by atoms with Crippen molar-refractivity contribution in [2.75, 3.05) is 21.3 Å². The summed E-state index contributed by atoms with van der Waals surface area (Å²) in [4.78, 5) is 0. The van der Waals surface area contributed by atoms with Crippen LogP contribution in [-0.2, 0) is 7.05 Å². The molecule has 0 radical (unpaired) electrons. The summed E-state index contributed by atoms with van der Waals surface area (Å²) in [6.45, 7) is 10.3. The van der Waals surface area contributed by atoms with E-state index in [4.69, 9.17) is 14.2 Å². The first-order valence-electron chi connectivity index (χ1n) is 11.2. The predicted molar refractivity (Wildman–Crippen MR) is 142 cm³/mol. The number of nitrogens with zero attached hydrogens (tertiary/aromatic N) is 1. The standard InChI is InChI=1S/C30H34NO3/c1-9-10-23-16-28(32-6)27(22-11-13-31(5)14-12-22)18-26(23)21(4)15-24-17-29(33-7)30(34-8)19-25(24)20(2)3/h9-19H,2H2,1,3-8H3/q+1/b10-9-,21-15+. The second kappa shape index (κ2) is 10.9. The fourth-order valence-electron chi connectivity index (χ4n) is 4.02. The van der Waals surface area contributed by atoms with Gasteiger partial charge >= 0.3 is 0 Å². The first kappa shape index (κ1) is 24.8. The van der Waals surface area contributed by atoms with Gasteiger partial charge in [0.05, 0.1) is 21.3 Å². The van der Waals surface area contributed by atoms with Gasteiger partial charge in [0.1, 0.15) is 12.8 Å². The molecule has 34 heavy (non-hydrogen) atoms. The third-order valence-corrected chi connectivity index (χ3v) is 5.82. The number of ether oxygens (including phenoxy) is 3. The second-order valence-corrected chi connectivity index (χ2v) is 8.29. The van der Waals surface area contributed by atoms with Gasteiger partial charge in [-0.15, -0.1) is 0 Å². The molecule has 2 aromatic carbocycles. The maximum absolute atomic E-state index is 5.77. The lowest BCUT2D eigenvalue weighted by molar-refractivity contribution is -0.671. The number of pyridine rings is 1. The van der Waals surface area contributed by atoms with Crippen LogP contribution in [0.3, 0.4) is 0 Å². The Hall–Kier alpha value is -3.79. The van der Waals surface area contributed by atoms with Gasteiger partial charge in [-0.3, -0.25) is 0 Å². The molecule has 3 rings (SSSR count). The highest BCUT2D eigenvalue weighted by atomic mass is 16.5. The average Bonchev–Trinajstić information content (AvgIpc) is 2.83. The molecule has 0 aliphatic rings. The number of benzene rings is 2. The molecule has 0 aliphatic heterocycles. The predicted octanol–water partition coefficient (Wildman–Crippen LogP) is 6.83. The Kier molecular flexibility index (Phi) is 7.95. The van der Waals surface area contributed by atoms with Gasteiger partial charge in [0.15, 0.2) is 23.9 Å². The van der Waals surface area contributed by atoms with Crippen molar-refractivity contribution >= 4 is 23.3 Å². The minimum atomic E-state index is 0.688. The summed E-state index contributed by atoms with van der Waals surface area (Å²) in [6.07, 6.45) is 10.4. The van der Waals surface area contributed by atoms with E-state index in [9.17, 15) is 0 Å². The van der Waals surface area contributed by atoms with E-state index < -0.39 is 0 Å². The maximum Gasteiger partial charge on any atom is 0.169 e. The SMILES string of the molecule is C=C(C)c1cc(OC)c(OC)cc1/C=C(\C)c1cc(-c2cc[n+](C)cc2)c(OC)cc1/C=C\C. The Bertz CT molecular complexity index is 1250. The Labute approximate surface area is 203 Å². The van der Waals surface area contributed by atoms with Crippen molar-refractivity contribution in [3.8, 4) is 28.4 Å². The normalized spacial score (nSPS) is 11.6. The van der Waals surface area contributed by atoms with Gasteiger partial charge in [0.2, 0.25) is 0 Å². The molecule has 0 N–H and O–H groups in total. The van der Waals surface area contributed by atoms with E-state index in [1.807, 2.05) is 56.1 Å². The summed E-state index contributed by atoms with van der Waals surface area (Å²) in [7, 11) is 7.02. The molecule has 1 heterocycles. The zero-order valence-electron chi connectivity index (χ0n) is 21.2. The van der Waals surface area contributed by atoms with Crippen LogP contribution < -0.4 is 18.8 Å². The van der Waals surface area contributed by atoms with Crippen LogP contribution in [0.2, 0.25) is 0 Å². The number of hydrogen-bond acceptors (Lipinski definition) is 3. The molecule has 0 unspecified atom stereocenters. The lowest BCUT2D eigenvalue weighted by atomic mass is 9.92. The summed E-state index contributed by atoms with van der Waals surface area (Å²) < 4.78 is 18.9. The molecule has 0 fully saturated rings. The van der Waals surface area contributed by atoms with Crippen molar-refractivity contribution in [3.05, 3.63) is 83.7 Å². The first-order valence-corrected chi connectivity index (χ1v) is 11.2. The molecular formula is C30H34NO3+. The monoisotopic (exact) mass is 456 g/mol. The van der Waals surface area contributed by atoms with Crippen LogP contribution in [0, 0.1) is 0 Å². The van der Waals surface area contributed by atoms with Gasteiger partial charge in [0, 0.05) is 17.7 Å². The lowest BCUT2D eigenvalue weighted by Gasteiger charge is -2.16. The van der Waals surface area contributed by atoms with Crippen molar-refractivity contribution in [2.24, 2.45) is 7.05 Å². The molecule has 0 saturated carbocycles. The maximum atomic E-state index is 5.77. The molecule has 0 atom stereocenters. The van der Waals surface area contributed by atoms with Gasteiger partial charge in [0.25, 0.3) is 0 Å². The molecular weight excluding hydrogens is 422 g/mol. The van der Waals surface area contributed by atoms with Gasteiger partial charge in [-0.1, -0.05) is 30.4 Å². The van der Waals surface area contributed by atoms with Gasteiger partial charge in [-0.25, -0.2) is 4.57 Å². The fourth-order valence-corrected chi connectivity index (χ4v) is 4.02. The smallest absolute Gasteiger partial charge is 0.169 e. The van der Waals surface area contributed by atoms with Crippen molar-refractivity contribution in [2.45, 2.75) is 20.8 Å². The largest absolute Gasteiger partial charge is 0.496 e. The van der Waals surface area contributed by atoms with E-state index in [1.165, 1.54) is 0 Å². The molecule has 1 aromatic heterocycles. The minimum absolute atomic E-state index is 0.688. The highest BCUT2D eigenvalue weighted by Gasteiger charge is 2.15. The van der Waals surface area contributed by atoms with Crippen molar-refractivity contribution in [3.63, 3.8) is 0 Å². The van der Waals surface area contributed by atoms with Crippen molar-refractivity contribution in [1.29, 1.82) is 0 Å². The highest BCUT2D eigenvalue weighted by Crippen LogP contribution is 2.38. The Morgan fingerprint density at radius 2 is 1.41 bits per heavy atom. The number of hydrogen-bond donors (Lipinski definition) is 0. The minimum Gasteiger partial charge on any atom is -0.496 e. The summed E-state index contributed by atoms with van der Waals surface area (Å²) >= 11 is 0. The van der Waals surface area contributed by atoms with E-state index in [1.54, 1.807) is 21.3 Å². The zero-order chi connectivity index (χ0) is 24.8. The molecule has 0 saturated heterocycles. The Balaban J connectivity index is 2.25. The number of aryl methyl sites for hydroxylation is 1. The zero-order valence-corrected chi connectivity index (χ0v) is 21.2. The third-order valence-electron chi connectivity index (χ3n) is 5.82. The van der Waals surface area contributed by atoms with Crippen LogP contribution in [0.4, 0.5) is 0 Å². The van der Waals surface area contributed by atoms with Gasteiger partial charge in [-0.05, 0) is 78.4 Å². The van der Waals surface area contributed by atoms with E-state index in [0.717, 1.165) is 50.3 Å². The van der Waals surface area contributed by atoms with Crippen LogP contribution in [0.15, 0.2) is 61.4 Å². The van der Waals surface area contributed by atoms with E-state index in [-0.39, 0.29) is 0 Å². The molecule has 0 bridgehead atoms. The molecule has 4 nitrogen and oxygen atoms in total. The molecule has 0 amide bonds. The van der Waals surface area contributed by atoms with Crippen molar-refractivity contribution in [1.82, 2.24) is 0 Å². The number of rotatable bonds is 8. The van der Waals surface area contributed by atoms with Crippen molar-refractivity contribution < 1.29 is 18.8 Å². The molecule has 4 heteroatoms. The Morgan fingerprint density at radius 3 is 1.97 bits per heavy atom. The second-order valence-electron chi connectivity index (χ2n) is 8.29. The average molecular weight is 457 g/mol. The highest BCUT2D eigenvalue weighted by molar-refractivity contribution is 5.90. The number of aromatic nitrogens is 1. The number of allylic oxidation sites excluding steroid dienone is 3. The molecule has 0 spiro atoms.